The fourth-order valence-corrected chi connectivity index (χ4v) is 2.07. The van der Waals surface area contributed by atoms with Crippen molar-refractivity contribution in [2.24, 2.45) is 0 Å². The van der Waals surface area contributed by atoms with Gasteiger partial charge in [0, 0.05) is 16.9 Å². The van der Waals surface area contributed by atoms with E-state index in [-0.39, 0.29) is 5.89 Å². The molecule has 3 aromatic rings. The van der Waals surface area contributed by atoms with Crippen LogP contribution in [0.2, 0.25) is 5.02 Å². The number of para-hydroxylation sites is 2. The number of hydrogen-bond acceptors (Lipinski definition) is 4. The molecule has 1 N–H and O–H groups in total. The highest BCUT2D eigenvalue weighted by Crippen LogP contribution is 2.20. The summed E-state index contributed by atoms with van der Waals surface area (Å²) in [5.74, 6) is 0.278. The number of benzene rings is 2. The summed E-state index contributed by atoms with van der Waals surface area (Å²) in [5, 5.41) is 3.62. The minimum Gasteiger partial charge on any atom is -0.436 e. The maximum absolute atomic E-state index is 11.2. The second-order valence-electron chi connectivity index (χ2n) is 4.36. The molecule has 0 spiro atoms. The normalized spacial score (nSPS) is 11.6. The number of halogens is 1. The molecular weight excluding hydrogens is 288 g/mol. The van der Waals surface area contributed by atoms with Crippen LogP contribution in [0.3, 0.4) is 0 Å². The van der Waals surface area contributed by atoms with Gasteiger partial charge < -0.3 is 9.73 Å². The Morgan fingerprint density at radius 1 is 1.19 bits per heavy atom. The van der Waals surface area contributed by atoms with E-state index in [1.165, 1.54) is 0 Å². The summed E-state index contributed by atoms with van der Waals surface area (Å²) in [6.07, 6.45) is 2.24. The molecule has 0 radical (unpaired) electrons. The highest BCUT2D eigenvalue weighted by atomic mass is 35.5. The molecule has 0 saturated heterocycles. The summed E-state index contributed by atoms with van der Waals surface area (Å²) in [5.41, 5.74) is 2.45. The zero-order valence-corrected chi connectivity index (χ0v) is 11.7. The summed E-state index contributed by atoms with van der Waals surface area (Å²) < 4.78 is 5.56. The van der Waals surface area contributed by atoms with Crippen LogP contribution in [0.1, 0.15) is 5.89 Å². The standard InChI is InChI=1S/C16H11ClN2O2/c17-12-4-3-5-13(8-12)18-9-11(10-20)16-19-14-6-1-2-7-15(14)21-16/h1-10,18H/b11-9+. The first-order valence-electron chi connectivity index (χ1n) is 6.29. The van der Waals surface area contributed by atoms with Crippen LogP contribution in [0.15, 0.2) is 59.1 Å². The van der Waals surface area contributed by atoms with Gasteiger partial charge in [-0.1, -0.05) is 29.8 Å². The van der Waals surface area contributed by atoms with Gasteiger partial charge in [-0.25, -0.2) is 4.98 Å². The molecule has 0 aliphatic carbocycles. The summed E-state index contributed by atoms with van der Waals surface area (Å²) in [6, 6.07) is 14.5. The van der Waals surface area contributed by atoms with Crippen LogP contribution in [0.25, 0.3) is 16.7 Å². The van der Waals surface area contributed by atoms with Crippen LogP contribution >= 0.6 is 11.6 Å². The molecular formula is C16H11ClN2O2. The number of anilines is 1. The zero-order chi connectivity index (χ0) is 14.7. The van der Waals surface area contributed by atoms with Crippen LogP contribution in [0.4, 0.5) is 5.69 Å². The van der Waals surface area contributed by atoms with Crippen molar-refractivity contribution in [1.29, 1.82) is 0 Å². The second kappa shape index (κ2) is 5.81. The molecule has 0 unspecified atom stereocenters. The molecule has 1 heterocycles. The Bertz CT molecular complexity index is 791. The number of carbonyl (C=O) groups excluding carboxylic acids is 1. The SMILES string of the molecule is O=C/C(=C\Nc1cccc(Cl)c1)c1nc2ccccc2o1. The van der Waals surface area contributed by atoms with Crippen molar-refractivity contribution in [2.45, 2.75) is 0 Å². The number of oxazole rings is 1. The molecule has 4 nitrogen and oxygen atoms in total. The summed E-state index contributed by atoms with van der Waals surface area (Å²) in [4.78, 5) is 15.5. The number of allylic oxidation sites excluding steroid dienone is 1. The number of fused-ring (bicyclic) bond motifs is 1. The lowest BCUT2D eigenvalue weighted by Crippen LogP contribution is -1.93. The van der Waals surface area contributed by atoms with E-state index in [0.717, 1.165) is 5.69 Å². The molecule has 0 aliphatic rings. The van der Waals surface area contributed by atoms with Gasteiger partial charge in [-0.2, -0.15) is 0 Å². The Labute approximate surface area is 126 Å². The molecule has 0 amide bonds. The Kier molecular flexibility index (Phi) is 3.71. The topological polar surface area (TPSA) is 55.1 Å². The van der Waals surface area contributed by atoms with Gasteiger partial charge in [-0.15, -0.1) is 0 Å². The van der Waals surface area contributed by atoms with E-state index in [1.54, 1.807) is 24.4 Å². The number of nitrogens with one attached hydrogen (secondary N) is 1. The highest BCUT2D eigenvalue weighted by Gasteiger charge is 2.09. The molecule has 0 aliphatic heterocycles. The van der Waals surface area contributed by atoms with Crippen molar-refractivity contribution in [3.05, 3.63) is 65.6 Å². The summed E-state index contributed by atoms with van der Waals surface area (Å²) in [7, 11) is 0. The lowest BCUT2D eigenvalue weighted by Gasteiger charge is -2.01. The van der Waals surface area contributed by atoms with Crippen LogP contribution in [0.5, 0.6) is 0 Å². The first-order chi connectivity index (χ1) is 10.3. The fourth-order valence-electron chi connectivity index (χ4n) is 1.88. The van der Waals surface area contributed by atoms with Gasteiger partial charge in [0.15, 0.2) is 11.9 Å². The van der Waals surface area contributed by atoms with E-state index in [9.17, 15) is 4.79 Å². The Morgan fingerprint density at radius 2 is 2.05 bits per heavy atom. The zero-order valence-electron chi connectivity index (χ0n) is 10.9. The summed E-state index contributed by atoms with van der Waals surface area (Å²) >= 11 is 5.90. The molecule has 2 aromatic carbocycles. The highest BCUT2D eigenvalue weighted by molar-refractivity contribution is 6.30. The number of nitrogens with zero attached hydrogens (tertiary/aromatic N) is 1. The molecule has 21 heavy (non-hydrogen) atoms. The predicted octanol–water partition coefficient (Wildman–Crippen LogP) is 4.13. The molecule has 5 heteroatoms. The first kappa shape index (κ1) is 13.4. The van der Waals surface area contributed by atoms with E-state index in [2.05, 4.69) is 10.3 Å². The molecule has 0 bridgehead atoms. The Balaban J connectivity index is 1.90. The molecule has 0 fully saturated rings. The number of hydrogen-bond donors (Lipinski definition) is 1. The van der Waals surface area contributed by atoms with E-state index in [4.69, 9.17) is 16.0 Å². The quantitative estimate of drug-likeness (QED) is 0.581. The number of aldehydes is 1. The lowest BCUT2D eigenvalue weighted by molar-refractivity contribution is -0.103. The summed E-state index contributed by atoms with van der Waals surface area (Å²) in [6.45, 7) is 0. The van der Waals surface area contributed by atoms with Crippen molar-refractivity contribution in [2.75, 3.05) is 5.32 Å². The van der Waals surface area contributed by atoms with Gasteiger partial charge in [0.1, 0.15) is 5.52 Å². The van der Waals surface area contributed by atoms with Gasteiger partial charge in [-0.05, 0) is 30.3 Å². The fraction of sp³-hybridized carbons (Fsp3) is 0. The minimum atomic E-state index is 0.278. The third-order valence-corrected chi connectivity index (χ3v) is 3.12. The average Bonchev–Trinajstić information content (AvgIpc) is 2.91. The van der Waals surface area contributed by atoms with Crippen molar-refractivity contribution < 1.29 is 9.21 Å². The average molecular weight is 299 g/mol. The van der Waals surface area contributed by atoms with Gasteiger partial charge >= 0.3 is 0 Å². The first-order valence-corrected chi connectivity index (χ1v) is 6.67. The maximum atomic E-state index is 11.2. The largest absolute Gasteiger partial charge is 0.436 e. The maximum Gasteiger partial charge on any atom is 0.232 e. The molecule has 0 atom stereocenters. The molecule has 1 aromatic heterocycles. The van der Waals surface area contributed by atoms with Crippen LogP contribution in [-0.2, 0) is 4.79 Å². The smallest absolute Gasteiger partial charge is 0.232 e. The van der Waals surface area contributed by atoms with Crippen LogP contribution in [0, 0.1) is 0 Å². The van der Waals surface area contributed by atoms with E-state index in [1.807, 2.05) is 30.3 Å². The third kappa shape index (κ3) is 2.95. The van der Waals surface area contributed by atoms with E-state index in [0.29, 0.717) is 28.0 Å². The van der Waals surface area contributed by atoms with E-state index >= 15 is 0 Å². The molecule has 104 valence electrons. The number of aromatic nitrogens is 1. The minimum absolute atomic E-state index is 0.278. The van der Waals surface area contributed by atoms with Gasteiger partial charge in [-0.3, -0.25) is 4.79 Å². The Morgan fingerprint density at radius 3 is 2.81 bits per heavy atom. The molecule has 0 saturated carbocycles. The number of rotatable bonds is 4. The Hall–Kier alpha value is -2.59. The van der Waals surface area contributed by atoms with Crippen molar-refractivity contribution in [1.82, 2.24) is 4.98 Å². The number of carbonyl (C=O) groups is 1. The van der Waals surface area contributed by atoms with E-state index < -0.39 is 0 Å². The monoisotopic (exact) mass is 298 g/mol. The van der Waals surface area contributed by atoms with Crippen molar-refractivity contribution in [3.8, 4) is 0 Å². The predicted molar refractivity (Wildman–Crippen MR) is 83.1 cm³/mol. The van der Waals surface area contributed by atoms with Gasteiger partial charge in [0.2, 0.25) is 5.89 Å². The van der Waals surface area contributed by atoms with Gasteiger partial charge in [0.25, 0.3) is 0 Å². The third-order valence-electron chi connectivity index (χ3n) is 2.89. The van der Waals surface area contributed by atoms with Gasteiger partial charge in [0.05, 0.1) is 5.57 Å². The second-order valence-corrected chi connectivity index (χ2v) is 4.80. The van der Waals surface area contributed by atoms with Crippen LogP contribution in [-0.4, -0.2) is 11.3 Å². The van der Waals surface area contributed by atoms with Crippen molar-refractivity contribution in [3.63, 3.8) is 0 Å². The van der Waals surface area contributed by atoms with Crippen molar-refractivity contribution >= 4 is 40.2 Å². The molecule has 3 rings (SSSR count). The van der Waals surface area contributed by atoms with Crippen LogP contribution < -0.4 is 5.32 Å². The lowest BCUT2D eigenvalue weighted by atomic mass is 10.3.